The van der Waals surface area contributed by atoms with E-state index in [1.54, 1.807) is 6.07 Å². The van der Waals surface area contributed by atoms with Crippen LogP contribution in [0.1, 0.15) is 22.8 Å². The van der Waals surface area contributed by atoms with Crippen molar-refractivity contribution < 1.29 is 19.7 Å². The highest BCUT2D eigenvalue weighted by molar-refractivity contribution is 5.91. The van der Waals surface area contributed by atoms with Crippen LogP contribution in [-0.2, 0) is 6.42 Å². The fraction of sp³-hybridized carbons (Fsp3) is 0.300. The number of hydrogen-bond acceptors (Lipinski definition) is 3. The predicted molar refractivity (Wildman–Crippen MR) is 51.0 cm³/mol. The molecule has 76 valence electrons. The number of aromatic carboxylic acids is 1. The third-order valence-corrected chi connectivity index (χ3v) is 2.04. The van der Waals surface area contributed by atoms with E-state index in [0.29, 0.717) is 17.7 Å². The van der Waals surface area contributed by atoms with Crippen molar-refractivity contribution in [2.45, 2.75) is 13.3 Å². The summed E-state index contributed by atoms with van der Waals surface area (Å²) >= 11 is 0. The Morgan fingerprint density at radius 1 is 1.50 bits per heavy atom. The lowest BCUT2D eigenvalue weighted by Crippen LogP contribution is -2.00. The van der Waals surface area contributed by atoms with Gasteiger partial charge in [-0.05, 0) is 18.6 Å². The first-order valence-corrected chi connectivity index (χ1v) is 4.24. The highest BCUT2D eigenvalue weighted by Gasteiger charge is 2.15. The van der Waals surface area contributed by atoms with Crippen LogP contribution in [0.15, 0.2) is 12.1 Å². The summed E-state index contributed by atoms with van der Waals surface area (Å²) in [5.41, 5.74) is 0.426. The van der Waals surface area contributed by atoms with E-state index in [4.69, 9.17) is 9.84 Å². The molecule has 0 atom stereocenters. The van der Waals surface area contributed by atoms with E-state index in [9.17, 15) is 9.90 Å². The van der Waals surface area contributed by atoms with Gasteiger partial charge in [0.15, 0.2) is 0 Å². The zero-order chi connectivity index (χ0) is 10.7. The second kappa shape index (κ2) is 4.00. The Hall–Kier alpha value is -1.71. The molecule has 0 amide bonds. The normalized spacial score (nSPS) is 9.86. The van der Waals surface area contributed by atoms with E-state index < -0.39 is 5.97 Å². The number of ether oxygens (including phenoxy) is 1. The number of benzene rings is 1. The molecule has 0 saturated carbocycles. The van der Waals surface area contributed by atoms with Crippen molar-refractivity contribution >= 4 is 5.97 Å². The first kappa shape index (κ1) is 10.4. The largest absolute Gasteiger partial charge is 0.507 e. The Kier molecular flexibility index (Phi) is 2.96. The van der Waals surface area contributed by atoms with Crippen molar-refractivity contribution in [3.05, 3.63) is 23.3 Å². The van der Waals surface area contributed by atoms with E-state index in [1.807, 2.05) is 6.92 Å². The molecule has 0 aliphatic carbocycles. The maximum absolute atomic E-state index is 10.7. The average molecular weight is 196 g/mol. The van der Waals surface area contributed by atoms with Crippen molar-refractivity contribution in [3.63, 3.8) is 0 Å². The van der Waals surface area contributed by atoms with Crippen LogP contribution in [0.3, 0.4) is 0 Å². The van der Waals surface area contributed by atoms with Gasteiger partial charge in [0, 0.05) is 5.56 Å². The van der Waals surface area contributed by atoms with Gasteiger partial charge in [-0.2, -0.15) is 0 Å². The summed E-state index contributed by atoms with van der Waals surface area (Å²) in [5.74, 6) is -0.839. The number of rotatable bonds is 3. The molecule has 1 aromatic carbocycles. The zero-order valence-electron chi connectivity index (χ0n) is 8.07. The van der Waals surface area contributed by atoms with E-state index >= 15 is 0 Å². The summed E-state index contributed by atoms with van der Waals surface area (Å²) in [6.45, 7) is 1.82. The van der Waals surface area contributed by atoms with Crippen molar-refractivity contribution in [3.8, 4) is 11.5 Å². The maximum Gasteiger partial charge on any atom is 0.339 e. The lowest BCUT2D eigenvalue weighted by Gasteiger charge is -2.10. The summed E-state index contributed by atoms with van der Waals surface area (Å²) in [6.07, 6.45) is 0.524. The van der Waals surface area contributed by atoms with Gasteiger partial charge in [0.1, 0.15) is 17.1 Å². The van der Waals surface area contributed by atoms with Gasteiger partial charge in [0.2, 0.25) is 0 Å². The lowest BCUT2D eigenvalue weighted by molar-refractivity contribution is 0.0693. The first-order valence-electron chi connectivity index (χ1n) is 4.24. The van der Waals surface area contributed by atoms with Crippen molar-refractivity contribution in [2.24, 2.45) is 0 Å². The summed E-state index contributed by atoms with van der Waals surface area (Å²) in [5, 5.41) is 18.4. The monoisotopic (exact) mass is 196 g/mol. The third-order valence-electron chi connectivity index (χ3n) is 2.04. The molecule has 4 nitrogen and oxygen atoms in total. The Morgan fingerprint density at radius 2 is 2.14 bits per heavy atom. The molecule has 0 aliphatic rings. The van der Waals surface area contributed by atoms with Crippen LogP contribution < -0.4 is 4.74 Å². The number of aromatic hydroxyl groups is 1. The Morgan fingerprint density at radius 3 is 2.57 bits per heavy atom. The van der Waals surface area contributed by atoms with E-state index in [1.165, 1.54) is 13.2 Å². The minimum atomic E-state index is -1.14. The molecule has 2 N–H and O–H groups in total. The molecule has 0 radical (unpaired) electrons. The summed E-state index contributed by atoms with van der Waals surface area (Å²) in [4.78, 5) is 10.7. The van der Waals surface area contributed by atoms with Gasteiger partial charge in [-0.25, -0.2) is 4.79 Å². The van der Waals surface area contributed by atoms with Gasteiger partial charge in [0.05, 0.1) is 7.11 Å². The third kappa shape index (κ3) is 1.64. The van der Waals surface area contributed by atoms with Crippen LogP contribution in [0.5, 0.6) is 11.5 Å². The number of carbonyl (C=O) groups is 1. The maximum atomic E-state index is 10.7. The predicted octanol–water partition coefficient (Wildman–Crippen LogP) is 1.66. The van der Waals surface area contributed by atoms with Crippen molar-refractivity contribution in [1.82, 2.24) is 0 Å². The molecular formula is C10H12O4. The minimum Gasteiger partial charge on any atom is -0.507 e. The second-order valence-corrected chi connectivity index (χ2v) is 2.80. The van der Waals surface area contributed by atoms with Crippen LogP contribution >= 0.6 is 0 Å². The van der Waals surface area contributed by atoms with Gasteiger partial charge in [-0.15, -0.1) is 0 Å². The Bertz CT molecular complexity index is 357. The number of phenols is 1. The highest BCUT2D eigenvalue weighted by Crippen LogP contribution is 2.31. The molecule has 0 aliphatic heterocycles. The summed E-state index contributed by atoms with van der Waals surface area (Å²) in [6, 6.07) is 2.87. The van der Waals surface area contributed by atoms with Crippen LogP contribution in [0, 0.1) is 0 Å². The molecule has 1 aromatic rings. The van der Waals surface area contributed by atoms with Gasteiger partial charge < -0.3 is 14.9 Å². The molecular weight excluding hydrogens is 184 g/mol. The van der Waals surface area contributed by atoms with E-state index in [-0.39, 0.29) is 11.3 Å². The van der Waals surface area contributed by atoms with Gasteiger partial charge in [-0.3, -0.25) is 0 Å². The Labute approximate surface area is 81.8 Å². The van der Waals surface area contributed by atoms with Gasteiger partial charge in [0.25, 0.3) is 0 Å². The minimum absolute atomic E-state index is 0.0948. The molecule has 0 bridgehead atoms. The van der Waals surface area contributed by atoms with Crippen LogP contribution in [-0.4, -0.2) is 23.3 Å². The summed E-state index contributed by atoms with van der Waals surface area (Å²) in [7, 11) is 1.48. The van der Waals surface area contributed by atoms with E-state index in [0.717, 1.165) is 0 Å². The topological polar surface area (TPSA) is 66.8 Å². The van der Waals surface area contributed by atoms with Crippen molar-refractivity contribution in [1.29, 1.82) is 0 Å². The second-order valence-electron chi connectivity index (χ2n) is 2.80. The van der Waals surface area contributed by atoms with Crippen LogP contribution in [0.25, 0.3) is 0 Å². The number of methoxy groups -OCH3 is 1. The molecule has 1 rings (SSSR count). The Balaban J connectivity index is 3.34. The lowest BCUT2D eigenvalue weighted by atomic mass is 10.1. The molecule has 4 heteroatoms. The SMILES string of the molecule is CCc1c(OC)ccc(C(=O)O)c1O. The van der Waals surface area contributed by atoms with Crippen molar-refractivity contribution in [2.75, 3.05) is 7.11 Å². The fourth-order valence-electron chi connectivity index (χ4n) is 1.32. The molecule has 0 spiro atoms. The van der Waals surface area contributed by atoms with Gasteiger partial charge in [-0.1, -0.05) is 6.92 Å². The average Bonchev–Trinajstić information content (AvgIpc) is 2.16. The molecule has 0 saturated heterocycles. The van der Waals surface area contributed by atoms with Crippen LogP contribution in [0.2, 0.25) is 0 Å². The smallest absolute Gasteiger partial charge is 0.339 e. The molecule has 0 unspecified atom stereocenters. The van der Waals surface area contributed by atoms with Crippen LogP contribution in [0.4, 0.5) is 0 Å². The zero-order valence-corrected chi connectivity index (χ0v) is 8.07. The number of hydrogen-bond donors (Lipinski definition) is 2. The molecule has 0 heterocycles. The fourth-order valence-corrected chi connectivity index (χ4v) is 1.32. The first-order chi connectivity index (χ1) is 6.61. The standard InChI is InChI=1S/C10H12O4/c1-3-6-8(14-2)5-4-7(9(6)11)10(12)13/h4-5,11H,3H2,1-2H3,(H,12,13). The molecule has 0 fully saturated rings. The quantitative estimate of drug-likeness (QED) is 0.771. The molecule has 14 heavy (non-hydrogen) atoms. The highest BCUT2D eigenvalue weighted by atomic mass is 16.5. The molecule has 0 aromatic heterocycles. The van der Waals surface area contributed by atoms with E-state index in [2.05, 4.69) is 0 Å². The van der Waals surface area contributed by atoms with Gasteiger partial charge >= 0.3 is 5.97 Å². The summed E-state index contributed by atoms with van der Waals surface area (Å²) < 4.78 is 5.00. The number of carboxylic acid groups (broad SMARTS) is 1. The number of carboxylic acids is 1.